The Morgan fingerprint density at radius 1 is 1.00 bits per heavy atom. The summed E-state index contributed by atoms with van der Waals surface area (Å²) in [6, 6.07) is 13.7. The van der Waals surface area contributed by atoms with E-state index in [1.807, 2.05) is 0 Å². The van der Waals surface area contributed by atoms with Crippen LogP contribution in [0.2, 0.25) is 0 Å². The van der Waals surface area contributed by atoms with E-state index in [9.17, 15) is 22.4 Å². The monoisotopic (exact) mass is 428 g/mol. The quantitative estimate of drug-likeness (QED) is 0.508. The van der Waals surface area contributed by atoms with Gasteiger partial charge in [-0.2, -0.15) is 17.6 Å². The van der Waals surface area contributed by atoms with Crippen molar-refractivity contribution in [3.8, 4) is 11.1 Å². The zero-order valence-corrected chi connectivity index (χ0v) is 16.2. The standard InChI is InChI=1S/C22H16F4N4O/c1-30-19(31)21(29-20(30)27,15-7-3-8-16(12-15)22(24,25)26)14-6-2-5-13(11-14)17-9-4-10-28-18(17)23/h2-12H,1H3,(H2,27,29). The molecule has 1 aliphatic rings. The van der Waals surface area contributed by atoms with E-state index in [0.717, 1.165) is 17.0 Å². The van der Waals surface area contributed by atoms with Crippen molar-refractivity contribution in [1.29, 1.82) is 0 Å². The Balaban J connectivity index is 1.97. The topological polar surface area (TPSA) is 71.6 Å². The third kappa shape index (κ3) is 3.31. The highest BCUT2D eigenvalue weighted by Crippen LogP contribution is 2.42. The third-order valence-corrected chi connectivity index (χ3v) is 5.20. The van der Waals surface area contributed by atoms with Crippen LogP contribution in [0.3, 0.4) is 0 Å². The second kappa shape index (κ2) is 7.19. The number of aromatic nitrogens is 1. The lowest BCUT2D eigenvalue weighted by molar-refractivity contribution is -0.138. The van der Waals surface area contributed by atoms with E-state index in [0.29, 0.717) is 5.56 Å². The molecule has 1 amide bonds. The Morgan fingerprint density at radius 2 is 1.68 bits per heavy atom. The lowest BCUT2D eigenvalue weighted by atomic mass is 9.81. The Labute approximate surface area is 174 Å². The van der Waals surface area contributed by atoms with E-state index in [1.54, 1.807) is 24.3 Å². The average molecular weight is 428 g/mol. The van der Waals surface area contributed by atoms with Crippen LogP contribution in [-0.2, 0) is 16.5 Å². The summed E-state index contributed by atoms with van der Waals surface area (Å²) >= 11 is 0. The molecule has 0 spiro atoms. The molecule has 0 saturated carbocycles. The van der Waals surface area contributed by atoms with Crippen LogP contribution in [0.5, 0.6) is 0 Å². The number of alkyl halides is 3. The minimum Gasteiger partial charge on any atom is -0.369 e. The van der Waals surface area contributed by atoms with Crippen molar-refractivity contribution in [2.45, 2.75) is 11.7 Å². The summed E-state index contributed by atoms with van der Waals surface area (Å²) in [6.07, 6.45) is -3.31. The molecular weight excluding hydrogens is 412 g/mol. The van der Waals surface area contributed by atoms with Crippen LogP contribution < -0.4 is 5.73 Å². The van der Waals surface area contributed by atoms with Gasteiger partial charge in [-0.3, -0.25) is 9.69 Å². The van der Waals surface area contributed by atoms with Gasteiger partial charge in [0.25, 0.3) is 5.91 Å². The second-order valence-corrected chi connectivity index (χ2v) is 7.05. The number of pyridine rings is 1. The molecule has 1 atom stereocenters. The number of amides is 1. The van der Waals surface area contributed by atoms with Gasteiger partial charge in [0, 0.05) is 18.8 Å². The Morgan fingerprint density at radius 3 is 2.29 bits per heavy atom. The van der Waals surface area contributed by atoms with Crippen LogP contribution in [0.1, 0.15) is 16.7 Å². The molecule has 0 fully saturated rings. The van der Waals surface area contributed by atoms with E-state index in [1.165, 1.54) is 37.5 Å². The smallest absolute Gasteiger partial charge is 0.369 e. The van der Waals surface area contributed by atoms with Crippen molar-refractivity contribution in [1.82, 2.24) is 9.88 Å². The van der Waals surface area contributed by atoms with Crippen molar-refractivity contribution in [3.05, 3.63) is 89.5 Å². The average Bonchev–Trinajstić information content (AvgIpc) is 2.98. The summed E-state index contributed by atoms with van der Waals surface area (Å²) in [5.74, 6) is -1.47. The van der Waals surface area contributed by atoms with Gasteiger partial charge in [-0.25, -0.2) is 9.98 Å². The zero-order chi connectivity index (χ0) is 22.4. The van der Waals surface area contributed by atoms with E-state index in [2.05, 4.69) is 9.98 Å². The highest BCUT2D eigenvalue weighted by molar-refractivity contribution is 6.09. The summed E-state index contributed by atoms with van der Waals surface area (Å²) in [4.78, 5) is 22.3. The van der Waals surface area contributed by atoms with Crippen LogP contribution in [-0.4, -0.2) is 28.8 Å². The number of nitrogens with two attached hydrogens (primary N) is 1. The number of aliphatic imine (C=N–C) groups is 1. The van der Waals surface area contributed by atoms with Gasteiger partial charge in [0.1, 0.15) is 0 Å². The number of hydrogen-bond acceptors (Lipinski definition) is 4. The van der Waals surface area contributed by atoms with Crippen LogP contribution in [0.25, 0.3) is 11.1 Å². The first-order valence-electron chi connectivity index (χ1n) is 9.17. The van der Waals surface area contributed by atoms with Gasteiger partial charge < -0.3 is 5.73 Å². The van der Waals surface area contributed by atoms with Crippen LogP contribution in [0.15, 0.2) is 71.9 Å². The number of rotatable bonds is 3. The molecule has 5 nitrogen and oxygen atoms in total. The summed E-state index contributed by atoms with van der Waals surface area (Å²) in [5.41, 5.74) is 3.95. The number of likely N-dealkylation sites (N-methyl/N-ethyl adjacent to an activating group) is 1. The predicted molar refractivity (Wildman–Crippen MR) is 106 cm³/mol. The molecule has 0 saturated heterocycles. The summed E-state index contributed by atoms with van der Waals surface area (Å²) in [5, 5.41) is 0. The molecule has 2 aromatic carbocycles. The fourth-order valence-electron chi connectivity index (χ4n) is 3.62. The van der Waals surface area contributed by atoms with Gasteiger partial charge in [-0.15, -0.1) is 0 Å². The van der Waals surface area contributed by atoms with E-state index < -0.39 is 29.1 Å². The molecule has 158 valence electrons. The van der Waals surface area contributed by atoms with Gasteiger partial charge in [-0.1, -0.05) is 30.3 Å². The molecule has 3 aromatic rings. The molecule has 2 N–H and O–H groups in total. The fraction of sp³-hybridized carbons (Fsp3) is 0.136. The van der Waals surface area contributed by atoms with Crippen molar-refractivity contribution in [3.63, 3.8) is 0 Å². The Bertz CT molecular complexity index is 1210. The lowest BCUT2D eigenvalue weighted by Gasteiger charge is -2.27. The van der Waals surface area contributed by atoms with Crippen molar-refractivity contribution in [2.24, 2.45) is 10.7 Å². The molecular formula is C22H16F4N4O. The first-order valence-corrected chi connectivity index (χ1v) is 9.17. The zero-order valence-electron chi connectivity index (χ0n) is 16.2. The highest BCUT2D eigenvalue weighted by Gasteiger charge is 2.50. The maximum Gasteiger partial charge on any atom is 0.416 e. The Hall–Kier alpha value is -3.75. The fourth-order valence-corrected chi connectivity index (χ4v) is 3.62. The minimum absolute atomic E-state index is 0.00318. The first-order chi connectivity index (χ1) is 14.6. The van der Waals surface area contributed by atoms with Crippen LogP contribution in [0.4, 0.5) is 17.6 Å². The SMILES string of the molecule is CN1C(=O)C(c2cccc(-c3cccnc3F)c2)(c2cccc(C(F)(F)F)c2)N=C1N. The minimum atomic E-state index is -4.61. The van der Waals surface area contributed by atoms with Crippen LogP contribution >= 0.6 is 0 Å². The van der Waals surface area contributed by atoms with Crippen molar-refractivity contribution in [2.75, 3.05) is 7.05 Å². The number of guanidine groups is 1. The third-order valence-electron chi connectivity index (χ3n) is 5.20. The molecule has 1 aliphatic heterocycles. The second-order valence-electron chi connectivity index (χ2n) is 7.05. The molecule has 31 heavy (non-hydrogen) atoms. The lowest BCUT2D eigenvalue weighted by Crippen LogP contribution is -2.41. The molecule has 1 unspecified atom stereocenters. The van der Waals surface area contributed by atoms with Crippen LogP contribution in [0, 0.1) is 5.95 Å². The van der Waals surface area contributed by atoms with E-state index in [-0.39, 0.29) is 22.6 Å². The summed E-state index contributed by atoms with van der Waals surface area (Å²) in [7, 11) is 1.39. The molecule has 9 heteroatoms. The van der Waals surface area contributed by atoms with Crippen molar-refractivity contribution < 1.29 is 22.4 Å². The summed E-state index contributed by atoms with van der Waals surface area (Å²) < 4.78 is 54.3. The van der Waals surface area contributed by atoms with E-state index >= 15 is 0 Å². The number of nitrogens with zero attached hydrogens (tertiary/aromatic N) is 3. The molecule has 2 heterocycles. The number of hydrogen-bond donors (Lipinski definition) is 1. The maximum absolute atomic E-state index is 14.2. The predicted octanol–water partition coefficient (Wildman–Crippen LogP) is 3.94. The highest BCUT2D eigenvalue weighted by atomic mass is 19.4. The number of benzene rings is 2. The largest absolute Gasteiger partial charge is 0.416 e. The normalized spacial score (nSPS) is 18.9. The maximum atomic E-state index is 14.2. The van der Waals surface area contributed by atoms with Gasteiger partial charge in [0.15, 0.2) is 11.5 Å². The number of halogens is 4. The number of carbonyl (C=O) groups excluding carboxylic acids is 1. The van der Waals surface area contributed by atoms with Gasteiger partial charge in [0.2, 0.25) is 5.95 Å². The molecule has 4 rings (SSSR count). The molecule has 0 radical (unpaired) electrons. The van der Waals surface area contributed by atoms with Gasteiger partial charge in [0.05, 0.1) is 5.56 Å². The van der Waals surface area contributed by atoms with Gasteiger partial charge in [-0.05, 0) is 47.0 Å². The van der Waals surface area contributed by atoms with E-state index in [4.69, 9.17) is 5.73 Å². The number of carbonyl (C=O) groups is 1. The Kier molecular flexibility index (Phi) is 4.76. The molecule has 0 bridgehead atoms. The molecule has 0 aliphatic carbocycles. The molecule has 1 aromatic heterocycles. The first kappa shape index (κ1) is 20.5. The van der Waals surface area contributed by atoms with Crippen molar-refractivity contribution >= 4 is 11.9 Å². The summed E-state index contributed by atoms with van der Waals surface area (Å²) in [6.45, 7) is 0. The van der Waals surface area contributed by atoms with Gasteiger partial charge >= 0.3 is 6.18 Å².